The first-order chi connectivity index (χ1) is 8.13. The number of nitrogens with one attached hydrogen (secondary N) is 1. The summed E-state index contributed by atoms with van der Waals surface area (Å²) in [7, 11) is 1.61. The van der Waals surface area contributed by atoms with Crippen molar-refractivity contribution in [2.24, 2.45) is 0 Å². The third kappa shape index (κ3) is 5.15. The van der Waals surface area contributed by atoms with Crippen LogP contribution in [-0.4, -0.2) is 25.7 Å². The van der Waals surface area contributed by atoms with Crippen LogP contribution in [0, 0.1) is 0 Å². The van der Waals surface area contributed by atoms with E-state index in [0.29, 0.717) is 6.61 Å². The maximum atomic E-state index is 11.5. The molecule has 17 heavy (non-hydrogen) atoms. The van der Waals surface area contributed by atoms with Gasteiger partial charge in [-0.3, -0.25) is 4.79 Å². The van der Waals surface area contributed by atoms with Gasteiger partial charge < -0.3 is 10.1 Å². The molecular weight excluding hydrogens is 282 g/mol. The van der Waals surface area contributed by atoms with E-state index in [1.165, 1.54) is 6.08 Å². The van der Waals surface area contributed by atoms with Crippen LogP contribution in [0.15, 0.2) is 34.8 Å². The molecule has 3 nitrogen and oxygen atoms in total. The van der Waals surface area contributed by atoms with Crippen LogP contribution in [0.2, 0.25) is 0 Å². The molecule has 0 saturated heterocycles. The number of halogens is 1. The molecule has 0 aromatic heterocycles. The highest BCUT2D eigenvalue weighted by atomic mass is 79.9. The van der Waals surface area contributed by atoms with Crippen molar-refractivity contribution in [2.75, 3.05) is 13.7 Å². The van der Waals surface area contributed by atoms with Crippen molar-refractivity contribution in [2.45, 2.75) is 13.0 Å². The van der Waals surface area contributed by atoms with Crippen molar-refractivity contribution in [3.63, 3.8) is 0 Å². The van der Waals surface area contributed by atoms with Gasteiger partial charge in [-0.15, -0.1) is 0 Å². The predicted molar refractivity (Wildman–Crippen MR) is 72.7 cm³/mol. The maximum absolute atomic E-state index is 11.5. The summed E-state index contributed by atoms with van der Waals surface area (Å²) in [5.41, 5.74) is 0.974. The smallest absolute Gasteiger partial charge is 0.244 e. The number of hydrogen-bond donors (Lipinski definition) is 1. The van der Waals surface area contributed by atoms with E-state index in [1.54, 1.807) is 13.2 Å². The number of methoxy groups -OCH3 is 1. The summed E-state index contributed by atoms with van der Waals surface area (Å²) in [6.45, 7) is 2.41. The van der Waals surface area contributed by atoms with Crippen LogP contribution >= 0.6 is 15.9 Å². The molecule has 1 rings (SSSR count). The Hall–Kier alpha value is -1.13. The topological polar surface area (TPSA) is 38.3 Å². The molecule has 1 aromatic carbocycles. The van der Waals surface area contributed by atoms with Crippen LogP contribution in [-0.2, 0) is 9.53 Å². The number of carbonyl (C=O) groups is 1. The molecule has 92 valence electrons. The lowest BCUT2D eigenvalue weighted by Crippen LogP contribution is -2.34. The fourth-order valence-corrected chi connectivity index (χ4v) is 1.78. The molecule has 4 heteroatoms. The van der Waals surface area contributed by atoms with E-state index in [-0.39, 0.29) is 11.9 Å². The number of amides is 1. The zero-order valence-corrected chi connectivity index (χ0v) is 11.5. The Morgan fingerprint density at radius 3 is 2.88 bits per heavy atom. The molecule has 0 aliphatic carbocycles. The Balaban J connectivity index is 2.54. The zero-order chi connectivity index (χ0) is 12.7. The minimum Gasteiger partial charge on any atom is -0.383 e. The third-order valence-electron chi connectivity index (χ3n) is 2.12. The monoisotopic (exact) mass is 297 g/mol. The summed E-state index contributed by atoms with van der Waals surface area (Å²) in [4.78, 5) is 11.5. The van der Waals surface area contributed by atoms with E-state index in [1.807, 2.05) is 31.2 Å². The van der Waals surface area contributed by atoms with E-state index < -0.39 is 0 Å². The summed E-state index contributed by atoms with van der Waals surface area (Å²) in [6, 6.07) is 7.74. The van der Waals surface area contributed by atoms with Gasteiger partial charge in [-0.2, -0.15) is 0 Å². The van der Waals surface area contributed by atoms with Gasteiger partial charge in [-0.1, -0.05) is 34.1 Å². The second-order valence-corrected chi connectivity index (χ2v) is 4.57. The molecule has 0 bridgehead atoms. The fraction of sp³-hybridized carbons (Fsp3) is 0.308. The minimum absolute atomic E-state index is 0.0105. The molecule has 0 aliphatic rings. The largest absolute Gasteiger partial charge is 0.383 e. The van der Waals surface area contributed by atoms with Crippen LogP contribution in [0.4, 0.5) is 0 Å². The number of benzene rings is 1. The van der Waals surface area contributed by atoms with Crippen molar-refractivity contribution in [3.05, 3.63) is 40.4 Å². The number of hydrogen-bond acceptors (Lipinski definition) is 2. The SMILES string of the molecule is COCC(C)NC(=O)/C=C/c1ccccc1Br. The van der Waals surface area contributed by atoms with Crippen molar-refractivity contribution in [1.82, 2.24) is 5.32 Å². The van der Waals surface area contributed by atoms with Gasteiger partial charge in [0.2, 0.25) is 5.91 Å². The first kappa shape index (κ1) is 13.9. The molecule has 1 N–H and O–H groups in total. The molecule has 0 radical (unpaired) electrons. The Labute approximate surface area is 110 Å². The normalized spacial score (nSPS) is 12.6. The van der Waals surface area contributed by atoms with Gasteiger partial charge in [0.05, 0.1) is 6.61 Å². The number of carbonyl (C=O) groups excluding carboxylic acids is 1. The van der Waals surface area contributed by atoms with E-state index in [9.17, 15) is 4.79 Å². The summed E-state index contributed by atoms with van der Waals surface area (Å²) < 4.78 is 5.91. The molecule has 0 saturated carbocycles. The van der Waals surface area contributed by atoms with Crippen LogP contribution in [0.3, 0.4) is 0 Å². The Bertz CT molecular complexity index is 404. The fourth-order valence-electron chi connectivity index (χ4n) is 1.36. The van der Waals surface area contributed by atoms with E-state index in [2.05, 4.69) is 21.2 Å². The molecule has 0 spiro atoms. The molecule has 1 amide bonds. The van der Waals surface area contributed by atoms with E-state index in [0.717, 1.165) is 10.0 Å². The van der Waals surface area contributed by atoms with Gasteiger partial charge in [-0.05, 0) is 24.6 Å². The molecule has 0 fully saturated rings. The molecule has 0 aliphatic heterocycles. The van der Waals surface area contributed by atoms with E-state index in [4.69, 9.17) is 4.74 Å². The van der Waals surface area contributed by atoms with Gasteiger partial charge >= 0.3 is 0 Å². The zero-order valence-electron chi connectivity index (χ0n) is 9.94. The summed E-state index contributed by atoms with van der Waals surface area (Å²) in [5, 5.41) is 2.80. The molecule has 1 atom stereocenters. The number of rotatable bonds is 5. The third-order valence-corrected chi connectivity index (χ3v) is 2.85. The second-order valence-electron chi connectivity index (χ2n) is 3.72. The first-order valence-electron chi connectivity index (χ1n) is 5.35. The molecule has 1 unspecified atom stereocenters. The lowest BCUT2D eigenvalue weighted by Gasteiger charge is -2.10. The van der Waals surface area contributed by atoms with Crippen LogP contribution < -0.4 is 5.32 Å². The number of ether oxygens (including phenoxy) is 1. The van der Waals surface area contributed by atoms with Gasteiger partial charge in [-0.25, -0.2) is 0 Å². The Kier molecular flexibility index (Phi) is 5.94. The highest BCUT2D eigenvalue weighted by Crippen LogP contribution is 2.16. The first-order valence-corrected chi connectivity index (χ1v) is 6.15. The molecule has 1 aromatic rings. The quantitative estimate of drug-likeness (QED) is 0.849. The second kappa shape index (κ2) is 7.25. The summed E-state index contributed by atoms with van der Waals surface area (Å²) >= 11 is 3.42. The van der Waals surface area contributed by atoms with Crippen LogP contribution in [0.1, 0.15) is 12.5 Å². The van der Waals surface area contributed by atoms with Gasteiger partial charge in [0.25, 0.3) is 0 Å². The molecule has 0 heterocycles. The average molecular weight is 298 g/mol. The lowest BCUT2D eigenvalue weighted by molar-refractivity contribution is -0.117. The van der Waals surface area contributed by atoms with Crippen molar-refractivity contribution in [3.8, 4) is 0 Å². The molecular formula is C13H16BrNO2. The summed E-state index contributed by atoms with van der Waals surface area (Å²) in [6.07, 6.45) is 3.30. The Morgan fingerprint density at radius 1 is 1.53 bits per heavy atom. The highest BCUT2D eigenvalue weighted by molar-refractivity contribution is 9.10. The van der Waals surface area contributed by atoms with Gasteiger partial charge in [0.1, 0.15) is 0 Å². The minimum atomic E-state index is -0.120. The van der Waals surface area contributed by atoms with Gasteiger partial charge in [0.15, 0.2) is 0 Å². The summed E-state index contributed by atoms with van der Waals surface area (Å²) in [5.74, 6) is -0.120. The predicted octanol–water partition coefficient (Wildman–Crippen LogP) is 2.61. The maximum Gasteiger partial charge on any atom is 0.244 e. The lowest BCUT2D eigenvalue weighted by atomic mass is 10.2. The van der Waals surface area contributed by atoms with Gasteiger partial charge in [0, 0.05) is 23.7 Å². The van der Waals surface area contributed by atoms with Crippen molar-refractivity contribution in [1.29, 1.82) is 0 Å². The van der Waals surface area contributed by atoms with Crippen molar-refractivity contribution < 1.29 is 9.53 Å². The van der Waals surface area contributed by atoms with Crippen LogP contribution in [0.25, 0.3) is 6.08 Å². The standard InChI is InChI=1S/C13H16BrNO2/c1-10(9-17-2)15-13(16)8-7-11-5-3-4-6-12(11)14/h3-8,10H,9H2,1-2H3,(H,15,16)/b8-7+. The van der Waals surface area contributed by atoms with Crippen LogP contribution in [0.5, 0.6) is 0 Å². The Morgan fingerprint density at radius 2 is 2.24 bits per heavy atom. The average Bonchev–Trinajstić information content (AvgIpc) is 2.28. The highest BCUT2D eigenvalue weighted by Gasteiger charge is 2.03. The van der Waals surface area contributed by atoms with E-state index >= 15 is 0 Å². The van der Waals surface area contributed by atoms with Crippen molar-refractivity contribution >= 4 is 27.9 Å².